The van der Waals surface area contributed by atoms with Crippen LogP contribution in [0.2, 0.25) is 0 Å². The fraction of sp³-hybridized carbons (Fsp3) is 0.294. The van der Waals surface area contributed by atoms with E-state index in [2.05, 4.69) is 0 Å². The van der Waals surface area contributed by atoms with Crippen LogP contribution in [0.15, 0.2) is 54.6 Å². The van der Waals surface area contributed by atoms with E-state index in [-0.39, 0.29) is 13.0 Å². The molecule has 23 heavy (non-hydrogen) atoms. The first-order valence-corrected chi connectivity index (χ1v) is 8.82. The zero-order valence-electron chi connectivity index (χ0n) is 12.8. The molecular formula is C17H19NO4S. The Bertz CT molecular complexity index is 806. The second-order valence-electron chi connectivity index (χ2n) is 5.99. The van der Waals surface area contributed by atoms with Crippen molar-refractivity contribution in [3.05, 3.63) is 65.7 Å². The topological polar surface area (TPSA) is 77.8 Å². The zero-order chi connectivity index (χ0) is 16.7. The van der Waals surface area contributed by atoms with Gasteiger partial charge >= 0.3 is 0 Å². The Kier molecular flexibility index (Phi) is 3.91. The van der Waals surface area contributed by atoms with E-state index in [4.69, 9.17) is 0 Å². The predicted molar refractivity (Wildman–Crippen MR) is 88.8 cm³/mol. The summed E-state index contributed by atoms with van der Waals surface area (Å²) in [5.74, 6) is 0. The number of aliphatic hydroxyl groups is 1. The Morgan fingerprint density at radius 1 is 1.13 bits per heavy atom. The third kappa shape index (κ3) is 2.73. The van der Waals surface area contributed by atoms with Crippen molar-refractivity contribution in [1.29, 1.82) is 0 Å². The van der Waals surface area contributed by atoms with Gasteiger partial charge in [-0.3, -0.25) is 4.55 Å². The lowest BCUT2D eigenvalue weighted by atomic mass is 10.1. The third-order valence-corrected chi connectivity index (χ3v) is 5.94. The monoisotopic (exact) mass is 333 g/mol. The van der Waals surface area contributed by atoms with Gasteiger partial charge in [0.2, 0.25) is 0 Å². The van der Waals surface area contributed by atoms with Gasteiger partial charge in [0, 0.05) is 18.7 Å². The van der Waals surface area contributed by atoms with E-state index in [0.29, 0.717) is 5.56 Å². The first-order chi connectivity index (χ1) is 10.8. The molecule has 0 saturated heterocycles. The van der Waals surface area contributed by atoms with Gasteiger partial charge < -0.3 is 10.0 Å². The molecule has 122 valence electrons. The number of nitrogens with zero attached hydrogens (tertiary/aromatic N) is 1. The third-order valence-electron chi connectivity index (χ3n) is 4.47. The van der Waals surface area contributed by atoms with E-state index in [9.17, 15) is 18.1 Å². The number of β-amino-alcohol motifs (C(OH)–C–C–N with tert-alkyl or cyclic N) is 1. The molecule has 0 fully saturated rings. The van der Waals surface area contributed by atoms with Crippen LogP contribution in [0.5, 0.6) is 0 Å². The minimum absolute atomic E-state index is 0.0807. The molecule has 0 bridgehead atoms. The van der Waals surface area contributed by atoms with E-state index in [1.54, 1.807) is 17.0 Å². The number of rotatable bonds is 4. The molecule has 5 nitrogen and oxygen atoms in total. The van der Waals surface area contributed by atoms with Crippen molar-refractivity contribution >= 4 is 15.8 Å². The fourth-order valence-corrected chi connectivity index (χ4v) is 3.89. The summed E-state index contributed by atoms with van der Waals surface area (Å²) in [6.45, 7) is 1.57. The summed E-state index contributed by atoms with van der Waals surface area (Å²) in [5, 5.41) is 10.5. The van der Waals surface area contributed by atoms with Crippen LogP contribution in [0.3, 0.4) is 0 Å². The van der Waals surface area contributed by atoms with Crippen LogP contribution in [0.4, 0.5) is 5.69 Å². The summed E-state index contributed by atoms with van der Waals surface area (Å²) in [7, 11) is -4.33. The summed E-state index contributed by atoms with van der Waals surface area (Å²) in [4.78, 5) is 0.0990. The summed E-state index contributed by atoms with van der Waals surface area (Å²) in [5.41, 5.74) is 2.27. The van der Waals surface area contributed by atoms with Crippen molar-refractivity contribution in [3.8, 4) is 0 Å². The molecule has 1 aliphatic heterocycles. The molecule has 0 aliphatic carbocycles. The van der Waals surface area contributed by atoms with Crippen LogP contribution in [-0.4, -0.2) is 29.5 Å². The largest absolute Gasteiger partial charge is 0.387 e. The van der Waals surface area contributed by atoms with Crippen molar-refractivity contribution in [2.75, 3.05) is 11.4 Å². The molecular weight excluding hydrogens is 314 g/mol. The summed E-state index contributed by atoms with van der Waals surface area (Å²) in [6.07, 6.45) is -0.674. The molecule has 1 heterocycles. The normalized spacial score (nSPS) is 22.0. The lowest BCUT2D eigenvalue weighted by Gasteiger charge is -2.36. The number of aliphatic hydroxyl groups excluding tert-OH is 1. The van der Waals surface area contributed by atoms with Gasteiger partial charge in [-0.1, -0.05) is 48.5 Å². The zero-order valence-corrected chi connectivity index (χ0v) is 13.6. The molecule has 2 aromatic rings. The minimum atomic E-state index is -4.33. The van der Waals surface area contributed by atoms with E-state index < -0.39 is 21.1 Å². The van der Waals surface area contributed by atoms with Crippen molar-refractivity contribution in [2.24, 2.45) is 0 Å². The van der Waals surface area contributed by atoms with Crippen LogP contribution in [0.25, 0.3) is 0 Å². The molecule has 2 aromatic carbocycles. The fourth-order valence-electron chi connectivity index (χ4n) is 3.10. The molecule has 0 aromatic heterocycles. The average Bonchev–Trinajstić information content (AvgIpc) is 2.81. The standard InChI is InChI=1S/C17H19NO4S/c1-17(23(20,21)22)11-14-9-5-6-10-15(14)18(17)12-16(19)13-7-3-2-4-8-13/h2-10,16,19H,11-12H2,1H3,(H,20,21,22). The highest BCUT2D eigenvalue weighted by atomic mass is 32.2. The lowest BCUT2D eigenvalue weighted by Crippen LogP contribution is -2.51. The molecule has 0 saturated carbocycles. The lowest BCUT2D eigenvalue weighted by molar-refractivity contribution is 0.179. The van der Waals surface area contributed by atoms with Gasteiger partial charge in [0.25, 0.3) is 10.1 Å². The predicted octanol–water partition coefficient (Wildman–Crippen LogP) is 2.39. The molecule has 1 aliphatic rings. The molecule has 0 radical (unpaired) electrons. The van der Waals surface area contributed by atoms with Gasteiger partial charge in [-0.2, -0.15) is 8.42 Å². The summed E-state index contributed by atoms with van der Waals surface area (Å²) >= 11 is 0. The number of benzene rings is 2. The molecule has 2 unspecified atom stereocenters. The van der Waals surface area contributed by atoms with Crippen LogP contribution in [0.1, 0.15) is 24.2 Å². The molecule has 2 N–H and O–H groups in total. The van der Waals surface area contributed by atoms with E-state index in [1.165, 1.54) is 6.92 Å². The highest BCUT2D eigenvalue weighted by molar-refractivity contribution is 7.87. The number of fused-ring (bicyclic) bond motifs is 1. The molecule has 6 heteroatoms. The number of anilines is 1. The van der Waals surface area contributed by atoms with Gasteiger partial charge in [0.15, 0.2) is 4.87 Å². The number of para-hydroxylation sites is 1. The van der Waals surface area contributed by atoms with E-state index in [1.807, 2.05) is 42.5 Å². The SMILES string of the molecule is CC1(S(=O)(=O)O)Cc2ccccc2N1CC(O)c1ccccc1. The smallest absolute Gasteiger partial charge is 0.289 e. The molecule has 0 amide bonds. The molecule has 3 rings (SSSR count). The van der Waals surface area contributed by atoms with E-state index >= 15 is 0 Å². The minimum Gasteiger partial charge on any atom is -0.387 e. The van der Waals surface area contributed by atoms with Gasteiger partial charge in [-0.15, -0.1) is 0 Å². The molecule has 0 spiro atoms. The number of hydrogen-bond acceptors (Lipinski definition) is 4. The quantitative estimate of drug-likeness (QED) is 0.840. The van der Waals surface area contributed by atoms with E-state index in [0.717, 1.165) is 11.3 Å². The van der Waals surface area contributed by atoms with Crippen molar-refractivity contribution in [2.45, 2.75) is 24.3 Å². The maximum Gasteiger partial charge on any atom is 0.289 e. The maximum atomic E-state index is 12.0. The first kappa shape index (κ1) is 16.0. The Labute approximate surface area is 135 Å². The Hall–Kier alpha value is -1.89. The van der Waals surface area contributed by atoms with Crippen LogP contribution in [0, 0.1) is 0 Å². The highest BCUT2D eigenvalue weighted by Gasteiger charge is 2.49. The van der Waals surface area contributed by atoms with Crippen molar-refractivity contribution < 1.29 is 18.1 Å². The Morgan fingerprint density at radius 2 is 1.74 bits per heavy atom. The summed E-state index contributed by atoms with van der Waals surface area (Å²) in [6, 6.07) is 16.4. The first-order valence-electron chi connectivity index (χ1n) is 7.38. The van der Waals surface area contributed by atoms with Crippen molar-refractivity contribution in [3.63, 3.8) is 0 Å². The van der Waals surface area contributed by atoms with Crippen LogP contribution in [-0.2, 0) is 16.5 Å². The average molecular weight is 333 g/mol. The molecule has 2 atom stereocenters. The second-order valence-corrected chi connectivity index (χ2v) is 7.82. The highest BCUT2D eigenvalue weighted by Crippen LogP contribution is 2.42. The number of hydrogen-bond donors (Lipinski definition) is 2. The van der Waals surface area contributed by atoms with Gasteiger partial charge in [0.1, 0.15) is 0 Å². The van der Waals surface area contributed by atoms with Gasteiger partial charge in [-0.05, 0) is 24.1 Å². The maximum absolute atomic E-state index is 12.0. The second kappa shape index (κ2) is 5.63. The van der Waals surface area contributed by atoms with Crippen molar-refractivity contribution in [1.82, 2.24) is 0 Å². The van der Waals surface area contributed by atoms with Crippen LogP contribution < -0.4 is 4.90 Å². The Morgan fingerprint density at radius 3 is 2.39 bits per heavy atom. The Balaban J connectivity index is 2.00. The van der Waals surface area contributed by atoms with Gasteiger partial charge in [0.05, 0.1) is 6.10 Å². The van der Waals surface area contributed by atoms with Crippen LogP contribution >= 0.6 is 0 Å². The summed E-state index contributed by atoms with van der Waals surface area (Å²) < 4.78 is 33.7. The van der Waals surface area contributed by atoms with Gasteiger partial charge in [-0.25, -0.2) is 0 Å².